The van der Waals surface area contributed by atoms with Crippen LogP contribution in [-0.2, 0) is 14.4 Å². The van der Waals surface area contributed by atoms with Gasteiger partial charge >= 0.3 is 0 Å². The van der Waals surface area contributed by atoms with Crippen molar-refractivity contribution in [1.82, 2.24) is 15.5 Å². The Kier molecular flexibility index (Phi) is 4.19. The standard InChI is InChI=1S/C13H21N3O3/c1-8-4-3-7-14-11(8)12(18)15-9-5-6-10(17)16(2)13(9)19/h8-9,11,14H,3-7H2,1-2H3,(H,15,18). The van der Waals surface area contributed by atoms with Gasteiger partial charge in [0.25, 0.3) is 5.91 Å². The van der Waals surface area contributed by atoms with Crippen molar-refractivity contribution in [2.45, 2.75) is 44.7 Å². The van der Waals surface area contributed by atoms with Crippen molar-refractivity contribution in [3.05, 3.63) is 0 Å². The van der Waals surface area contributed by atoms with Crippen molar-refractivity contribution >= 4 is 17.7 Å². The van der Waals surface area contributed by atoms with Crippen LogP contribution in [0.3, 0.4) is 0 Å². The highest BCUT2D eigenvalue weighted by Crippen LogP contribution is 2.17. The number of carbonyl (C=O) groups excluding carboxylic acids is 3. The first-order valence-corrected chi connectivity index (χ1v) is 6.85. The predicted octanol–water partition coefficient (Wildman–Crippen LogP) is -0.362. The molecule has 106 valence electrons. The predicted molar refractivity (Wildman–Crippen MR) is 69.1 cm³/mol. The quantitative estimate of drug-likeness (QED) is 0.670. The SMILES string of the molecule is CC1CCCNC1C(=O)NC1CCC(=O)N(C)C1=O. The Morgan fingerprint density at radius 2 is 2.11 bits per heavy atom. The summed E-state index contributed by atoms with van der Waals surface area (Å²) in [6, 6.07) is -0.796. The van der Waals surface area contributed by atoms with E-state index in [0.29, 0.717) is 12.8 Å². The molecule has 19 heavy (non-hydrogen) atoms. The number of nitrogens with zero attached hydrogens (tertiary/aromatic N) is 1. The fourth-order valence-corrected chi connectivity index (χ4v) is 2.71. The maximum Gasteiger partial charge on any atom is 0.251 e. The van der Waals surface area contributed by atoms with Gasteiger partial charge in [0.15, 0.2) is 0 Å². The van der Waals surface area contributed by atoms with Crippen molar-refractivity contribution in [3.8, 4) is 0 Å². The fraction of sp³-hybridized carbons (Fsp3) is 0.769. The molecule has 0 bridgehead atoms. The summed E-state index contributed by atoms with van der Waals surface area (Å²) in [4.78, 5) is 36.6. The number of carbonyl (C=O) groups is 3. The van der Waals surface area contributed by atoms with Gasteiger partial charge in [-0.05, 0) is 31.7 Å². The van der Waals surface area contributed by atoms with Gasteiger partial charge in [-0.2, -0.15) is 0 Å². The summed E-state index contributed by atoms with van der Waals surface area (Å²) in [5.74, 6) is -0.354. The van der Waals surface area contributed by atoms with Gasteiger partial charge in [0.1, 0.15) is 6.04 Å². The third-order valence-electron chi connectivity index (χ3n) is 4.02. The molecule has 2 fully saturated rings. The maximum atomic E-state index is 12.2. The van der Waals surface area contributed by atoms with Crippen LogP contribution < -0.4 is 10.6 Å². The highest BCUT2D eigenvalue weighted by molar-refractivity contribution is 6.01. The van der Waals surface area contributed by atoms with Gasteiger partial charge in [-0.1, -0.05) is 6.92 Å². The van der Waals surface area contributed by atoms with Crippen LogP contribution in [-0.4, -0.2) is 48.3 Å². The van der Waals surface area contributed by atoms with Crippen molar-refractivity contribution in [2.75, 3.05) is 13.6 Å². The molecule has 0 spiro atoms. The average Bonchev–Trinajstić information content (AvgIpc) is 2.40. The van der Waals surface area contributed by atoms with E-state index < -0.39 is 6.04 Å². The lowest BCUT2D eigenvalue weighted by Gasteiger charge is -2.32. The topological polar surface area (TPSA) is 78.5 Å². The summed E-state index contributed by atoms with van der Waals surface area (Å²) < 4.78 is 0. The van der Waals surface area contributed by atoms with E-state index in [0.717, 1.165) is 24.3 Å². The Labute approximate surface area is 112 Å². The summed E-state index contributed by atoms with van der Waals surface area (Å²) in [6.07, 6.45) is 2.79. The van der Waals surface area contributed by atoms with E-state index in [4.69, 9.17) is 0 Å². The molecule has 3 atom stereocenters. The Morgan fingerprint density at radius 1 is 1.37 bits per heavy atom. The van der Waals surface area contributed by atoms with Gasteiger partial charge in [-0.3, -0.25) is 19.3 Å². The summed E-state index contributed by atoms with van der Waals surface area (Å²) in [6.45, 7) is 2.87. The van der Waals surface area contributed by atoms with Crippen LogP contribution in [0, 0.1) is 5.92 Å². The molecule has 6 heteroatoms. The number of hydrogen-bond donors (Lipinski definition) is 2. The third kappa shape index (κ3) is 2.94. The Bertz CT molecular complexity index is 397. The second-order valence-corrected chi connectivity index (χ2v) is 5.44. The molecule has 0 radical (unpaired) electrons. The zero-order valence-corrected chi connectivity index (χ0v) is 11.4. The number of piperidine rings is 2. The maximum absolute atomic E-state index is 12.2. The number of likely N-dealkylation sites (N-methyl/N-ethyl adjacent to an activating group) is 1. The molecule has 0 aliphatic carbocycles. The lowest BCUT2D eigenvalue weighted by molar-refractivity contribution is -0.149. The number of likely N-dealkylation sites (tertiary alicyclic amines) is 1. The first-order chi connectivity index (χ1) is 9.00. The average molecular weight is 267 g/mol. The number of hydrogen-bond acceptors (Lipinski definition) is 4. The van der Waals surface area contributed by atoms with E-state index in [1.165, 1.54) is 7.05 Å². The van der Waals surface area contributed by atoms with E-state index in [-0.39, 0.29) is 29.7 Å². The molecule has 6 nitrogen and oxygen atoms in total. The van der Waals surface area contributed by atoms with Crippen LogP contribution in [0.25, 0.3) is 0 Å². The van der Waals surface area contributed by atoms with Gasteiger partial charge in [0.2, 0.25) is 11.8 Å². The zero-order valence-electron chi connectivity index (χ0n) is 11.4. The second-order valence-electron chi connectivity index (χ2n) is 5.44. The largest absolute Gasteiger partial charge is 0.343 e. The van der Waals surface area contributed by atoms with Crippen LogP contribution in [0.5, 0.6) is 0 Å². The molecule has 2 rings (SSSR count). The first-order valence-electron chi connectivity index (χ1n) is 6.85. The molecule has 3 unspecified atom stereocenters. The van der Waals surface area contributed by atoms with Crippen LogP contribution in [0.2, 0.25) is 0 Å². The third-order valence-corrected chi connectivity index (χ3v) is 4.02. The number of imide groups is 1. The number of rotatable bonds is 2. The lowest BCUT2D eigenvalue weighted by atomic mass is 9.91. The Morgan fingerprint density at radius 3 is 2.79 bits per heavy atom. The molecule has 0 aromatic carbocycles. The molecule has 0 aromatic heterocycles. The van der Waals surface area contributed by atoms with Crippen molar-refractivity contribution in [1.29, 1.82) is 0 Å². The summed E-state index contributed by atoms with van der Waals surface area (Å²) >= 11 is 0. The normalized spacial score (nSPS) is 32.3. The van der Waals surface area contributed by atoms with Gasteiger partial charge in [0.05, 0.1) is 6.04 Å². The monoisotopic (exact) mass is 267 g/mol. The Hall–Kier alpha value is -1.43. The minimum Gasteiger partial charge on any atom is -0.343 e. The summed E-state index contributed by atoms with van der Waals surface area (Å²) in [7, 11) is 1.46. The number of nitrogens with one attached hydrogen (secondary N) is 2. The van der Waals surface area contributed by atoms with E-state index in [1.54, 1.807) is 0 Å². The molecular formula is C13H21N3O3. The molecule has 2 N–H and O–H groups in total. The van der Waals surface area contributed by atoms with E-state index in [2.05, 4.69) is 10.6 Å². The lowest BCUT2D eigenvalue weighted by Crippen LogP contribution is -2.58. The van der Waals surface area contributed by atoms with Crippen molar-refractivity contribution in [2.24, 2.45) is 5.92 Å². The van der Waals surface area contributed by atoms with Crippen LogP contribution in [0.4, 0.5) is 0 Å². The smallest absolute Gasteiger partial charge is 0.251 e. The summed E-state index contributed by atoms with van der Waals surface area (Å²) in [5.41, 5.74) is 0. The van der Waals surface area contributed by atoms with E-state index in [1.807, 2.05) is 6.92 Å². The van der Waals surface area contributed by atoms with Gasteiger partial charge < -0.3 is 10.6 Å². The van der Waals surface area contributed by atoms with Gasteiger partial charge in [-0.25, -0.2) is 0 Å². The first kappa shape index (κ1) is 14.0. The fourth-order valence-electron chi connectivity index (χ4n) is 2.71. The molecule has 2 aliphatic heterocycles. The molecule has 2 aliphatic rings. The molecule has 0 saturated carbocycles. The zero-order chi connectivity index (χ0) is 14.0. The second kappa shape index (κ2) is 5.69. The minimum absolute atomic E-state index is 0.131. The molecule has 2 saturated heterocycles. The van der Waals surface area contributed by atoms with Gasteiger partial charge in [-0.15, -0.1) is 0 Å². The molecule has 0 aromatic rings. The van der Waals surface area contributed by atoms with Crippen molar-refractivity contribution < 1.29 is 14.4 Å². The van der Waals surface area contributed by atoms with Crippen LogP contribution >= 0.6 is 0 Å². The minimum atomic E-state index is -0.564. The highest BCUT2D eigenvalue weighted by atomic mass is 16.2. The van der Waals surface area contributed by atoms with Crippen LogP contribution in [0.15, 0.2) is 0 Å². The molecular weight excluding hydrogens is 246 g/mol. The molecule has 3 amide bonds. The highest BCUT2D eigenvalue weighted by Gasteiger charge is 2.35. The Balaban J connectivity index is 1.95. The number of amides is 3. The van der Waals surface area contributed by atoms with Crippen LogP contribution in [0.1, 0.15) is 32.6 Å². The summed E-state index contributed by atoms with van der Waals surface area (Å²) in [5, 5.41) is 5.96. The molecule has 2 heterocycles. The van der Waals surface area contributed by atoms with E-state index in [9.17, 15) is 14.4 Å². The van der Waals surface area contributed by atoms with Gasteiger partial charge in [0, 0.05) is 13.5 Å². The van der Waals surface area contributed by atoms with E-state index >= 15 is 0 Å². The van der Waals surface area contributed by atoms with Crippen molar-refractivity contribution in [3.63, 3.8) is 0 Å².